The maximum atomic E-state index is 14.1. The first-order chi connectivity index (χ1) is 15.6. The van der Waals surface area contributed by atoms with Crippen molar-refractivity contribution in [3.63, 3.8) is 0 Å². The van der Waals surface area contributed by atoms with Gasteiger partial charge in [0.05, 0.1) is 40.4 Å². The van der Waals surface area contributed by atoms with Gasteiger partial charge in [0.1, 0.15) is 5.84 Å². The first-order valence-corrected chi connectivity index (χ1v) is 11.1. The van der Waals surface area contributed by atoms with Crippen molar-refractivity contribution in [3.05, 3.63) is 54.9 Å². The molecule has 33 heavy (non-hydrogen) atoms. The van der Waals surface area contributed by atoms with Gasteiger partial charge in [-0.15, -0.1) is 11.3 Å². The van der Waals surface area contributed by atoms with E-state index in [1.807, 2.05) is 6.07 Å². The van der Waals surface area contributed by atoms with Gasteiger partial charge in [0.25, 0.3) is 11.5 Å². The fraction of sp³-hybridized carbons (Fsp3) is 0.350. The molecule has 13 heteroatoms. The summed E-state index contributed by atoms with van der Waals surface area (Å²) in [5.74, 6) is -1.26. The molecule has 0 saturated carbocycles. The smallest absolute Gasteiger partial charge is 0.372 e. The number of thiophene rings is 1. The molecule has 2 aromatic rings. The Morgan fingerprint density at radius 2 is 2.00 bits per heavy atom. The molecule has 4 rings (SSSR count). The van der Waals surface area contributed by atoms with Crippen LogP contribution in [0.25, 0.3) is 0 Å². The maximum absolute atomic E-state index is 14.1. The predicted molar refractivity (Wildman–Crippen MR) is 113 cm³/mol. The zero-order valence-electron chi connectivity index (χ0n) is 16.6. The van der Waals surface area contributed by atoms with Gasteiger partial charge in [-0.3, -0.25) is 4.79 Å². The summed E-state index contributed by atoms with van der Waals surface area (Å²) in [5.41, 5.74) is -2.51. The number of fused-ring (bicyclic) bond motifs is 1. The quantitative estimate of drug-likeness (QED) is 0.335. The molecule has 1 aromatic carbocycles. The van der Waals surface area contributed by atoms with Crippen LogP contribution in [0.15, 0.2) is 23.4 Å². The number of nitriles is 1. The molecule has 0 fully saturated rings. The topological polar surface area (TPSA) is 77.7 Å². The zero-order chi connectivity index (χ0) is 24.0. The molecule has 1 N–H and O–H groups in total. The van der Waals surface area contributed by atoms with Crippen LogP contribution in [-0.2, 0) is 23.5 Å². The van der Waals surface area contributed by atoms with E-state index < -0.39 is 39.6 Å². The average Bonchev–Trinajstić information content (AvgIpc) is 3.44. The number of oxime groups is 1. The number of carbonyl (C=O) groups is 1. The summed E-state index contributed by atoms with van der Waals surface area (Å²) < 4.78 is 56.2. The molecule has 1 unspecified atom stereocenters. The van der Waals surface area contributed by atoms with E-state index in [4.69, 9.17) is 33.3 Å². The molecule has 0 bridgehead atoms. The van der Waals surface area contributed by atoms with Crippen LogP contribution >= 0.6 is 34.5 Å². The van der Waals surface area contributed by atoms with Crippen molar-refractivity contribution in [2.24, 2.45) is 5.16 Å². The van der Waals surface area contributed by atoms with Gasteiger partial charge in [-0.25, -0.2) is 4.39 Å². The Bertz CT molecular complexity index is 1150. The maximum Gasteiger partial charge on any atom is 0.435 e. The normalized spacial score (nSPS) is 19.7. The first-order valence-electron chi connectivity index (χ1n) is 9.54. The molecule has 1 atom stereocenters. The molecule has 1 aromatic heterocycles. The van der Waals surface area contributed by atoms with E-state index in [0.29, 0.717) is 4.88 Å². The number of rotatable bonds is 4. The summed E-state index contributed by atoms with van der Waals surface area (Å²) >= 11 is 12.7. The molecule has 2 aliphatic heterocycles. The standard InChI is InChI=1S/C20H14Cl2F4N4O2S/c21-12-5-11(6-13(22)17(12)23)19(20(24,25)26)7-16(29-32-19)30-8-10-4-14(33-15(10)9-30)18(31)28-3-1-2-27/h4-6H,1,3,7-9H2,(H,28,31). The van der Waals surface area contributed by atoms with Crippen molar-refractivity contribution in [1.82, 2.24) is 10.2 Å². The molecule has 0 saturated heterocycles. The Labute approximate surface area is 199 Å². The summed E-state index contributed by atoms with van der Waals surface area (Å²) in [6.45, 7) is 0.736. The van der Waals surface area contributed by atoms with Crippen LogP contribution in [0.4, 0.5) is 17.6 Å². The van der Waals surface area contributed by atoms with Gasteiger partial charge in [-0.2, -0.15) is 18.4 Å². The van der Waals surface area contributed by atoms with Gasteiger partial charge in [0.15, 0.2) is 5.82 Å². The number of benzene rings is 1. The number of halogens is 6. The molecule has 1 amide bonds. The molecule has 0 aliphatic carbocycles. The lowest BCUT2D eigenvalue weighted by molar-refractivity contribution is -0.275. The number of nitrogens with zero attached hydrogens (tertiary/aromatic N) is 3. The van der Waals surface area contributed by atoms with E-state index in [0.717, 1.165) is 22.6 Å². The highest BCUT2D eigenvalue weighted by Gasteiger charge is 2.63. The minimum Gasteiger partial charge on any atom is -0.372 e. The summed E-state index contributed by atoms with van der Waals surface area (Å²) in [6.07, 6.45) is -5.34. The summed E-state index contributed by atoms with van der Waals surface area (Å²) in [4.78, 5) is 20.0. The van der Waals surface area contributed by atoms with Crippen molar-refractivity contribution in [2.45, 2.75) is 37.7 Å². The zero-order valence-corrected chi connectivity index (χ0v) is 18.9. The monoisotopic (exact) mass is 520 g/mol. The lowest BCUT2D eigenvalue weighted by atomic mass is 9.89. The Morgan fingerprint density at radius 3 is 2.61 bits per heavy atom. The second kappa shape index (κ2) is 8.66. The third-order valence-electron chi connectivity index (χ3n) is 5.33. The van der Waals surface area contributed by atoms with E-state index in [1.165, 1.54) is 11.3 Å². The Kier molecular flexibility index (Phi) is 6.20. The first kappa shape index (κ1) is 23.6. The number of amides is 1. The lowest BCUT2D eigenvalue weighted by Gasteiger charge is -2.30. The third-order valence-corrected chi connectivity index (χ3v) is 7.04. The van der Waals surface area contributed by atoms with Crippen LogP contribution in [0.2, 0.25) is 10.0 Å². The summed E-state index contributed by atoms with van der Waals surface area (Å²) in [6, 6.07) is 5.29. The van der Waals surface area contributed by atoms with E-state index in [9.17, 15) is 22.4 Å². The largest absolute Gasteiger partial charge is 0.435 e. The number of hydrogen-bond donors (Lipinski definition) is 1. The van der Waals surface area contributed by atoms with Gasteiger partial charge in [0.2, 0.25) is 0 Å². The highest BCUT2D eigenvalue weighted by molar-refractivity contribution is 7.14. The number of carbonyl (C=O) groups excluding carboxylic acids is 1. The molecular formula is C20H14Cl2F4N4O2S. The third kappa shape index (κ3) is 4.23. The number of alkyl halides is 3. The molecule has 0 radical (unpaired) electrons. The van der Waals surface area contributed by atoms with Crippen molar-refractivity contribution < 1.29 is 27.2 Å². The highest BCUT2D eigenvalue weighted by atomic mass is 35.5. The minimum atomic E-state index is -4.89. The summed E-state index contributed by atoms with van der Waals surface area (Å²) in [5, 5.41) is 13.8. The Morgan fingerprint density at radius 1 is 1.30 bits per heavy atom. The average molecular weight is 521 g/mol. The summed E-state index contributed by atoms with van der Waals surface area (Å²) in [7, 11) is 0. The van der Waals surface area contributed by atoms with Crippen LogP contribution < -0.4 is 5.32 Å². The SMILES string of the molecule is N#CCCNC(=O)c1cc2c(s1)CN(C1=NOC(c3cc(Cl)c(F)c(Cl)c3)(C(F)(F)F)C1)C2. The van der Waals surface area contributed by atoms with Gasteiger partial charge < -0.3 is 15.1 Å². The molecule has 0 spiro atoms. The number of nitrogens with one attached hydrogen (secondary N) is 1. The molecular weight excluding hydrogens is 507 g/mol. The van der Waals surface area contributed by atoms with Crippen LogP contribution in [-0.4, -0.2) is 29.4 Å². The fourth-order valence-corrected chi connectivity index (χ4v) is 5.22. The molecule has 6 nitrogen and oxygen atoms in total. The predicted octanol–water partition coefficient (Wildman–Crippen LogP) is 5.34. The van der Waals surface area contributed by atoms with Crippen molar-refractivity contribution >= 4 is 46.3 Å². The molecule has 2 aliphatic rings. The highest BCUT2D eigenvalue weighted by Crippen LogP contribution is 2.50. The Hall–Kier alpha value is -2.55. The van der Waals surface area contributed by atoms with E-state index in [1.54, 1.807) is 11.0 Å². The molecule has 3 heterocycles. The van der Waals surface area contributed by atoms with Gasteiger partial charge in [-0.05, 0) is 23.8 Å². The van der Waals surface area contributed by atoms with Gasteiger partial charge in [-0.1, -0.05) is 28.4 Å². The fourth-order valence-electron chi connectivity index (χ4n) is 3.63. The Balaban J connectivity index is 1.51. The minimum absolute atomic E-state index is 0.0623. The van der Waals surface area contributed by atoms with E-state index >= 15 is 0 Å². The number of amidine groups is 1. The molecule has 174 valence electrons. The van der Waals surface area contributed by atoms with Crippen LogP contribution in [0.1, 0.15) is 38.5 Å². The second-order valence-electron chi connectivity index (χ2n) is 7.43. The number of hydrogen-bond acceptors (Lipinski definition) is 6. The van der Waals surface area contributed by atoms with Crippen molar-refractivity contribution in [3.8, 4) is 6.07 Å². The van der Waals surface area contributed by atoms with Crippen LogP contribution in [0.3, 0.4) is 0 Å². The van der Waals surface area contributed by atoms with Crippen molar-refractivity contribution in [2.75, 3.05) is 6.54 Å². The van der Waals surface area contributed by atoms with Crippen LogP contribution in [0, 0.1) is 17.1 Å². The van der Waals surface area contributed by atoms with Gasteiger partial charge in [0, 0.05) is 23.5 Å². The lowest BCUT2D eigenvalue weighted by Crippen LogP contribution is -2.44. The van der Waals surface area contributed by atoms with Crippen LogP contribution in [0.5, 0.6) is 0 Å². The van der Waals surface area contributed by atoms with E-state index in [-0.39, 0.29) is 37.8 Å². The van der Waals surface area contributed by atoms with Gasteiger partial charge >= 0.3 is 6.18 Å². The van der Waals surface area contributed by atoms with E-state index in [2.05, 4.69) is 10.5 Å². The second-order valence-corrected chi connectivity index (χ2v) is 9.38. The van der Waals surface area contributed by atoms with Crippen molar-refractivity contribution in [1.29, 1.82) is 5.26 Å².